The molecule has 0 N–H and O–H groups in total. The van der Waals surface area contributed by atoms with E-state index in [1.807, 2.05) is 6.07 Å². The first-order valence-electron chi connectivity index (χ1n) is 19.4. The van der Waals surface area contributed by atoms with Crippen LogP contribution in [0.25, 0.3) is 64.9 Å². The van der Waals surface area contributed by atoms with Crippen molar-refractivity contribution in [3.8, 4) is 11.1 Å². The molecule has 2 nitrogen and oxygen atoms in total. The molecule has 0 unspecified atom stereocenters. The summed E-state index contributed by atoms with van der Waals surface area (Å²) in [6, 6.07) is 47.9. The SMILES string of the molecule is C=C(c1ccccc1)c1sc2ccccc2c1N=C(C)[C@H](C)CC.CC[C@@H](C)c1c(-c2ccccc2C)cc2c3ccccc3n3c4ccccc4c1c23. The van der Waals surface area contributed by atoms with Crippen molar-refractivity contribution in [3.05, 3.63) is 162 Å². The molecule has 0 bridgehead atoms. The number of fused-ring (bicyclic) bond motifs is 7. The van der Waals surface area contributed by atoms with Crippen LogP contribution in [0.5, 0.6) is 0 Å². The van der Waals surface area contributed by atoms with Crippen LogP contribution in [0, 0.1) is 12.8 Å². The fourth-order valence-electron chi connectivity index (χ4n) is 8.06. The standard InChI is InChI=1S/C29H25N.C22H23NS/c1-4-18(2)27-23(20-12-6-5-11-19(20)3)17-24-21-13-7-9-15-25(21)30-26-16-10-8-14-22(26)28(27)29(24)30;1-5-15(2)17(4)23-21-19-13-9-10-14-20(19)24-22(21)16(3)18-11-7-6-8-12-18/h5-18H,4H2,1-3H3;6-15H,3,5H2,1-2,4H3/t18-;15-/m11/s1. The molecule has 0 fully saturated rings. The molecule has 0 spiro atoms. The minimum atomic E-state index is 0.483. The highest BCUT2D eigenvalue weighted by Crippen LogP contribution is 2.48. The lowest BCUT2D eigenvalue weighted by atomic mass is 9.84. The summed E-state index contributed by atoms with van der Waals surface area (Å²) in [5.74, 6) is 0.970. The van der Waals surface area contributed by atoms with E-state index >= 15 is 0 Å². The second-order valence-corrected chi connectivity index (χ2v) is 15.8. The van der Waals surface area contributed by atoms with E-state index in [0.717, 1.165) is 29.7 Å². The van der Waals surface area contributed by atoms with E-state index < -0.39 is 0 Å². The lowest BCUT2D eigenvalue weighted by Gasteiger charge is -2.19. The summed E-state index contributed by atoms with van der Waals surface area (Å²) in [5.41, 5.74) is 14.0. The molecule has 6 aromatic carbocycles. The van der Waals surface area contributed by atoms with E-state index in [-0.39, 0.29) is 0 Å². The molecular weight excluding hydrogens is 673 g/mol. The van der Waals surface area contributed by atoms with Crippen LogP contribution in [0.3, 0.4) is 0 Å². The van der Waals surface area contributed by atoms with E-state index in [4.69, 9.17) is 4.99 Å². The summed E-state index contributed by atoms with van der Waals surface area (Å²) in [7, 11) is 0. The molecule has 9 aromatic rings. The molecule has 0 radical (unpaired) electrons. The molecule has 0 aliphatic carbocycles. The van der Waals surface area contributed by atoms with Gasteiger partial charge in [-0.15, -0.1) is 11.3 Å². The Bertz CT molecular complexity index is 2810. The van der Waals surface area contributed by atoms with Crippen LogP contribution in [-0.4, -0.2) is 10.1 Å². The van der Waals surface area contributed by atoms with Crippen molar-refractivity contribution in [3.63, 3.8) is 0 Å². The monoisotopic (exact) mass is 720 g/mol. The second kappa shape index (κ2) is 14.7. The fraction of sp³-hybridized carbons (Fsp3) is 0.196. The van der Waals surface area contributed by atoms with Gasteiger partial charge in [0.25, 0.3) is 0 Å². The van der Waals surface area contributed by atoms with Gasteiger partial charge in [0.05, 0.1) is 27.1 Å². The number of aromatic nitrogens is 1. The van der Waals surface area contributed by atoms with Gasteiger partial charge in [0.15, 0.2) is 0 Å². The first kappa shape index (κ1) is 35.5. The van der Waals surface area contributed by atoms with Crippen molar-refractivity contribution in [1.82, 2.24) is 4.40 Å². The maximum absolute atomic E-state index is 5.03. The van der Waals surface area contributed by atoms with Gasteiger partial charge in [-0.2, -0.15) is 0 Å². The number of nitrogens with zero attached hydrogens (tertiary/aromatic N) is 2. The number of aliphatic imine (C=N–C) groups is 1. The zero-order valence-corrected chi connectivity index (χ0v) is 33.1. The molecule has 3 heteroatoms. The topological polar surface area (TPSA) is 16.8 Å². The van der Waals surface area contributed by atoms with Crippen LogP contribution < -0.4 is 0 Å². The predicted octanol–water partition coefficient (Wildman–Crippen LogP) is 15.4. The number of benzene rings is 6. The summed E-state index contributed by atoms with van der Waals surface area (Å²) < 4.78 is 3.75. The molecule has 268 valence electrons. The number of thiophene rings is 1. The lowest BCUT2D eigenvalue weighted by molar-refractivity contribution is 0.736. The Morgan fingerprint density at radius 2 is 1.30 bits per heavy atom. The van der Waals surface area contributed by atoms with Crippen LogP contribution in [0.1, 0.15) is 74.9 Å². The van der Waals surface area contributed by atoms with Gasteiger partial charge in [0.1, 0.15) is 0 Å². The third kappa shape index (κ3) is 6.01. The summed E-state index contributed by atoms with van der Waals surface area (Å²) in [4.78, 5) is 6.20. The van der Waals surface area contributed by atoms with E-state index in [1.165, 1.54) is 81.0 Å². The van der Waals surface area contributed by atoms with Crippen LogP contribution in [0.2, 0.25) is 0 Å². The zero-order valence-electron chi connectivity index (χ0n) is 32.3. The van der Waals surface area contributed by atoms with E-state index in [0.29, 0.717) is 11.8 Å². The largest absolute Gasteiger partial charge is 0.308 e. The van der Waals surface area contributed by atoms with Crippen molar-refractivity contribution in [1.29, 1.82) is 0 Å². The minimum Gasteiger partial charge on any atom is -0.308 e. The number of rotatable bonds is 8. The highest BCUT2D eigenvalue weighted by atomic mass is 32.1. The van der Waals surface area contributed by atoms with Crippen LogP contribution >= 0.6 is 11.3 Å². The highest BCUT2D eigenvalue weighted by Gasteiger charge is 2.25. The molecule has 54 heavy (non-hydrogen) atoms. The van der Waals surface area contributed by atoms with Crippen molar-refractivity contribution >= 4 is 76.5 Å². The highest BCUT2D eigenvalue weighted by molar-refractivity contribution is 7.20. The molecule has 3 aromatic heterocycles. The Balaban J connectivity index is 0.000000158. The zero-order chi connectivity index (χ0) is 37.5. The van der Waals surface area contributed by atoms with Crippen molar-refractivity contribution in [2.24, 2.45) is 10.9 Å². The fourth-order valence-corrected chi connectivity index (χ4v) is 9.19. The van der Waals surface area contributed by atoms with Crippen LogP contribution in [0.4, 0.5) is 5.69 Å². The molecular formula is C51H48N2S. The van der Waals surface area contributed by atoms with E-state index in [9.17, 15) is 0 Å². The Labute approximate surface area is 323 Å². The van der Waals surface area contributed by atoms with Gasteiger partial charge in [0.2, 0.25) is 0 Å². The second-order valence-electron chi connectivity index (χ2n) is 14.8. The molecule has 0 aliphatic rings. The molecule has 0 aliphatic heterocycles. The Morgan fingerprint density at radius 3 is 2.00 bits per heavy atom. The summed E-state index contributed by atoms with van der Waals surface area (Å²) in [6.07, 6.45) is 2.23. The van der Waals surface area contributed by atoms with Crippen molar-refractivity contribution in [2.75, 3.05) is 0 Å². The van der Waals surface area contributed by atoms with Gasteiger partial charge in [-0.25, -0.2) is 0 Å². The first-order valence-corrected chi connectivity index (χ1v) is 20.2. The van der Waals surface area contributed by atoms with Gasteiger partial charge in [-0.1, -0.05) is 143 Å². The molecule has 0 amide bonds. The minimum absolute atomic E-state index is 0.483. The quantitative estimate of drug-likeness (QED) is 0.139. The number of hydrogen-bond donors (Lipinski definition) is 0. The van der Waals surface area contributed by atoms with Gasteiger partial charge in [0, 0.05) is 37.3 Å². The molecule has 3 heterocycles. The molecule has 9 rings (SSSR count). The predicted molar refractivity (Wildman–Crippen MR) is 239 cm³/mol. The van der Waals surface area contributed by atoms with Gasteiger partial charge >= 0.3 is 0 Å². The van der Waals surface area contributed by atoms with Crippen molar-refractivity contribution < 1.29 is 0 Å². The number of aryl methyl sites for hydroxylation is 1. The first-order chi connectivity index (χ1) is 26.3. The van der Waals surface area contributed by atoms with Gasteiger partial charge in [-0.3, -0.25) is 4.99 Å². The Kier molecular flexibility index (Phi) is 9.68. The van der Waals surface area contributed by atoms with Crippen LogP contribution in [0.15, 0.2) is 145 Å². The third-order valence-corrected chi connectivity index (χ3v) is 12.8. The summed E-state index contributed by atoms with van der Waals surface area (Å²) in [6.45, 7) is 17.9. The number of hydrogen-bond acceptors (Lipinski definition) is 2. The third-order valence-electron chi connectivity index (χ3n) is 11.5. The van der Waals surface area contributed by atoms with Crippen molar-refractivity contribution in [2.45, 2.75) is 60.3 Å². The Hall–Kier alpha value is -5.51. The normalized spacial score (nSPS) is 13.2. The number of para-hydroxylation sites is 2. The maximum Gasteiger partial charge on any atom is 0.0893 e. The smallest absolute Gasteiger partial charge is 0.0893 e. The van der Waals surface area contributed by atoms with E-state index in [1.54, 1.807) is 11.3 Å². The summed E-state index contributed by atoms with van der Waals surface area (Å²) >= 11 is 1.78. The maximum atomic E-state index is 5.03. The van der Waals surface area contributed by atoms with Crippen LogP contribution in [-0.2, 0) is 0 Å². The Morgan fingerprint density at radius 1 is 0.685 bits per heavy atom. The van der Waals surface area contributed by atoms with Gasteiger partial charge in [-0.05, 0) is 96.2 Å². The van der Waals surface area contributed by atoms with E-state index in [2.05, 4.69) is 180 Å². The lowest BCUT2D eigenvalue weighted by Crippen LogP contribution is -2.04. The summed E-state index contributed by atoms with van der Waals surface area (Å²) in [5, 5.41) is 6.73. The molecule has 2 atom stereocenters. The average Bonchev–Trinajstić information content (AvgIpc) is 3.87. The molecule has 0 saturated heterocycles. The molecule has 0 saturated carbocycles. The average molecular weight is 721 g/mol. The van der Waals surface area contributed by atoms with Gasteiger partial charge < -0.3 is 4.40 Å².